The maximum absolute atomic E-state index is 13.3. The van der Waals surface area contributed by atoms with Crippen molar-refractivity contribution in [2.75, 3.05) is 0 Å². The van der Waals surface area contributed by atoms with Gasteiger partial charge in [0, 0.05) is 0 Å². The van der Waals surface area contributed by atoms with Crippen molar-refractivity contribution >= 4 is 17.7 Å². The minimum atomic E-state index is -0.827. The van der Waals surface area contributed by atoms with E-state index in [9.17, 15) is 14.4 Å². The first-order valence-electron chi connectivity index (χ1n) is 12.4. The number of benzene rings is 2. The van der Waals surface area contributed by atoms with E-state index < -0.39 is 30.3 Å². The number of hydrogen-bond acceptors (Lipinski definition) is 5. The first-order chi connectivity index (χ1) is 17.0. The Morgan fingerprint density at radius 2 is 1.63 bits per heavy atom. The monoisotopic (exact) mass is 478 g/mol. The number of para-hydroxylation sites is 1. The molecule has 2 fully saturated rings. The normalized spacial score (nSPS) is 21.7. The molecule has 2 aromatic rings. The summed E-state index contributed by atoms with van der Waals surface area (Å²) in [5, 5.41) is 8.33. The van der Waals surface area contributed by atoms with Crippen molar-refractivity contribution in [1.82, 2.24) is 16.0 Å². The molecule has 0 spiro atoms. The van der Waals surface area contributed by atoms with Gasteiger partial charge in [-0.25, -0.2) is 0 Å². The quantitative estimate of drug-likeness (QED) is 0.389. The Hall–Kier alpha value is -3.39. The minimum absolute atomic E-state index is 0.317. The summed E-state index contributed by atoms with van der Waals surface area (Å²) in [5.41, 5.74) is 7.13. The molecule has 1 aliphatic heterocycles. The van der Waals surface area contributed by atoms with Gasteiger partial charge in [-0.05, 0) is 36.5 Å². The predicted octanol–water partition coefficient (Wildman–Crippen LogP) is 2.03. The lowest BCUT2D eigenvalue weighted by Gasteiger charge is -2.37. The van der Waals surface area contributed by atoms with E-state index >= 15 is 0 Å². The van der Waals surface area contributed by atoms with Crippen molar-refractivity contribution < 1.29 is 19.1 Å². The van der Waals surface area contributed by atoms with Crippen LogP contribution in [0.3, 0.4) is 0 Å². The molecule has 0 aromatic heterocycles. The fourth-order valence-corrected chi connectivity index (χ4v) is 4.72. The summed E-state index contributed by atoms with van der Waals surface area (Å²) in [7, 11) is 0. The third-order valence-electron chi connectivity index (χ3n) is 6.74. The van der Waals surface area contributed by atoms with Crippen molar-refractivity contribution in [2.24, 2.45) is 11.7 Å². The van der Waals surface area contributed by atoms with Crippen LogP contribution in [-0.2, 0) is 20.8 Å². The summed E-state index contributed by atoms with van der Waals surface area (Å²) in [6, 6.07) is 16.3. The molecule has 3 amide bonds. The topological polar surface area (TPSA) is 123 Å². The van der Waals surface area contributed by atoms with Crippen LogP contribution in [0.2, 0.25) is 0 Å². The number of amides is 3. The molecule has 4 rings (SSSR count). The van der Waals surface area contributed by atoms with Crippen molar-refractivity contribution in [3.05, 3.63) is 66.2 Å². The number of hydrogen-bond donors (Lipinski definition) is 4. The summed E-state index contributed by atoms with van der Waals surface area (Å²) in [5.74, 6) is -0.146. The van der Waals surface area contributed by atoms with Crippen LogP contribution in [0.5, 0.6) is 5.75 Å². The van der Waals surface area contributed by atoms with Crippen LogP contribution in [0, 0.1) is 5.92 Å². The Morgan fingerprint density at radius 1 is 0.971 bits per heavy atom. The fraction of sp³-hybridized carbons (Fsp3) is 0.444. The van der Waals surface area contributed by atoms with Crippen molar-refractivity contribution in [3.63, 3.8) is 0 Å². The number of nitrogens with one attached hydrogen (secondary N) is 3. The van der Waals surface area contributed by atoms with Gasteiger partial charge >= 0.3 is 0 Å². The van der Waals surface area contributed by atoms with Gasteiger partial charge in [-0.2, -0.15) is 0 Å². The highest BCUT2D eigenvalue weighted by molar-refractivity contribution is 5.96. The molecule has 186 valence electrons. The van der Waals surface area contributed by atoms with Gasteiger partial charge in [0.05, 0.1) is 6.04 Å². The minimum Gasteiger partial charge on any atom is -0.468 e. The highest BCUT2D eigenvalue weighted by atomic mass is 16.5. The van der Waals surface area contributed by atoms with E-state index in [1.807, 2.05) is 48.5 Å². The van der Waals surface area contributed by atoms with Gasteiger partial charge in [0.15, 0.2) is 6.04 Å². The zero-order valence-corrected chi connectivity index (χ0v) is 19.8. The maximum Gasteiger partial charge on any atom is 0.251 e. The van der Waals surface area contributed by atoms with Crippen LogP contribution >= 0.6 is 0 Å². The van der Waals surface area contributed by atoms with E-state index in [2.05, 4.69) is 16.0 Å². The van der Waals surface area contributed by atoms with Gasteiger partial charge < -0.3 is 26.4 Å². The highest BCUT2D eigenvalue weighted by Gasteiger charge is 2.43. The van der Waals surface area contributed by atoms with E-state index in [1.165, 1.54) is 6.42 Å². The van der Waals surface area contributed by atoms with E-state index in [1.54, 1.807) is 12.1 Å². The molecule has 0 radical (unpaired) electrons. The lowest BCUT2D eigenvalue weighted by atomic mass is 9.84. The van der Waals surface area contributed by atoms with E-state index in [-0.39, 0.29) is 11.8 Å². The smallest absolute Gasteiger partial charge is 0.251 e. The van der Waals surface area contributed by atoms with Crippen LogP contribution in [0.25, 0.3) is 0 Å². The molecule has 0 bridgehead atoms. The molecule has 5 N–H and O–H groups in total. The van der Waals surface area contributed by atoms with Gasteiger partial charge in [0.1, 0.15) is 11.8 Å². The lowest BCUT2D eigenvalue weighted by molar-refractivity contribution is -0.144. The summed E-state index contributed by atoms with van der Waals surface area (Å²) in [6.07, 6.45) is 5.73. The number of β-lactam (4-membered cyclic amide) rings is 1. The van der Waals surface area contributed by atoms with Crippen molar-refractivity contribution in [3.8, 4) is 5.75 Å². The fourth-order valence-electron chi connectivity index (χ4n) is 4.72. The Morgan fingerprint density at radius 3 is 2.29 bits per heavy atom. The molecule has 1 saturated heterocycles. The van der Waals surface area contributed by atoms with E-state index in [0.717, 1.165) is 31.2 Å². The average Bonchev–Trinajstić information content (AvgIpc) is 2.88. The van der Waals surface area contributed by atoms with Crippen LogP contribution < -0.4 is 26.4 Å². The summed E-state index contributed by atoms with van der Waals surface area (Å²) < 4.78 is 5.80. The zero-order valence-electron chi connectivity index (χ0n) is 19.8. The maximum atomic E-state index is 13.3. The summed E-state index contributed by atoms with van der Waals surface area (Å²) in [6.45, 7) is 0. The predicted molar refractivity (Wildman–Crippen MR) is 132 cm³/mol. The number of nitrogens with two attached hydrogens (primary N) is 1. The Bertz CT molecular complexity index is 995. The number of ether oxygens (including phenoxy) is 1. The van der Waals surface area contributed by atoms with Gasteiger partial charge in [-0.15, -0.1) is 0 Å². The molecule has 2 aliphatic rings. The first-order valence-corrected chi connectivity index (χ1v) is 12.4. The molecule has 1 aliphatic carbocycles. The Balaban J connectivity index is 1.39. The van der Waals surface area contributed by atoms with Crippen molar-refractivity contribution in [2.45, 2.75) is 69.3 Å². The van der Waals surface area contributed by atoms with E-state index in [4.69, 9.17) is 10.5 Å². The number of carbonyl (C=O) groups is 3. The molecule has 4 atom stereocenters. The number of carbonyl (C=O) groups excluding carboxylic acids is 3. The molecule has 2 aromatic carbocycles. The third kappa shape index (κ3) is 6.82. The SMILES string of the molecule is NC(Cc1ccccc1)C(=O)NC(CC1CCCCC1)C(=O)NC1C(=O)NC1Oc1ccccc1. The van der Waals surface area contributed by atoms with Crippen LogP contribution in [0.1, 0.15) is 44.1 Å². The van der Waals surface area contributed by atoms with Gasteiger partial charge in [0.2, 0.25) is 18.0 Å². The standard InChI is InChI=1S/C27H34N4O4/c28-21(16-18-10-4-1-5-11-18)24(32)29-22(17-19-12-6-2-7-13-19)25(33)30-23-26(34)31-27(23)35-20-14-8-3-9-15-20/h1,3-5,8-11,14-15,19,21-23,27H,2,6-7,12-13,16-17,28H2,(H,29,32)(H,30,33)(H,31,34). The van der Waals surface area contributed by atoms with Gasteiger partial charge in [0.25, 0.3) is 5.91 Å². The van der Waals surface area contributed by atoms with Gasteiger partial charge in [-0.3, -0.25) is 14.4 Å². The molecule has 1 heterocycles. The number of rotatable bonds is 10. The lowest BCUT2D eigenvalue weighted by Crippen LogP contribution is -2.72. The van der Waals surface area contributed by atoms with Crippen molar-refractivity contribution in [1.29, 1.82) is 0 Å². The molecule has 35 heavy (non-hydrogen) atoms. The third-order valence-corrected chi connectivity index (χ3v) is 6.74. The van der Waals surface area contributed by atoms with Crippen LogP contribution in [0.4, 0.5) is 0 Å². The first kappa shape index (κ1) is 24.7. The second-order valence-electron chi connectivity index (χ2n) is 9.44. The van der Waals surface area contributed by atoms with Crippen LogP contribution in [-0.4, -0.2) is 42.1 Å². The largest absolute Gasteiger partial charge is 0.468 e. The Kier molecular flexibility index (Phi) is 8.36. The average molecular weight is 479 g/mol. The molecular formula is C27H34N4O4. The second kappa shape index (κ2) is 11.8. The molecule has 8 nitrogen and oxygen atoms in total. The highest BCUT2D eigenvalue weighted by Crippen LogP contribution is 2.27. The van der Waals surface area contributed by atoms with Gasteiger partial charge in [-0.1, -0.05) is 80.6 Å². The molecule has 8 heteroatoms. The summed E-state index contributed by atoms with van der Waals surface area (Å²) >= 11 is 0. The zero-order chi connectivity index (χ0) is 24.6. The van der Waals surface area contributed by atoms with E-state index in [0.29, 0.717) is 24.5 Å². The molecule has 4 unspecified atom stereocenters. The Labute approximate surface area is 206 Å². The second-order valence-corrected chi connectivity index (χ2v) is 9.44. The van der Waals surface area contributed by atoms with Crippen LogP contribution in [0.15, 0.2) is 60.7 Å². The molecular weight excluding hydrogens is 444 g/mol. The molecule has 1 saturated carbocycles. The summed E-state index contributed by atoms with van der Waals surface area (Å²) in [4.78, 5) is 38.4.